The number of hydrogen-bond acceptors (Lipinski definition) is 7. The smallest absolute Gasteiger partial charge is 0.411 e. The second-order valence-corrected chi connectivity index (χ2v) is 11.0. The van der Waals surface area contributed by atoms with Crippen LogP contribution in [0.4, 0.5) is 4.79 Å². The maximum absolute atomic E-state index is 13.1. The fraction of sp³-hybridized carbons (Fsp3) is 0.593. The molecular weight excluding hydrogens is 448 g/mol. The van der Waals surface area contributed by atoms with Gasteiger partial charge < -0.3 is 18.9 Å². The van der Waals surface area contributed by atoms with Crippen molar-refractivity contribution in [1.29, 1.82) is 0 Å². The van der Waals surface area contributed by atoms with E-state index in [2.05, 4.69) is 0 Å². The summed E-state index contributed by atoms with van der Waals surface area (Å²) in [5, 5.41) is 1.03. The topological polar surface area (TPSA) is 87.2 Å². The second kappa shape index (κ2) is 8.57. The summed E-state index contributed by atoms with van der Waals surface area (Å²) in [4.78, 5) is 32.3. The summed E-state index contributed by atoms with van der Waals surface area (Å²) in [5.74, 6) is 1.50. The first-order chi connectivity index (χ1) is 16.6. The van der Waals surface area contributed by atoms with E-state index in [9.17, 15) is 9.59 Å². The molecule has 1 spiro atoms. The molecule has 1 saturated heterocycles. The van der Waals surface area contributed by atoms with E-state index in [0.717, 1.165) is 52.9 Å². The monoisotopic (exact) mass is 482 g/mol. The van der Waals surface area contributed by atoms with Gasteiger partial charge in [-0.25, -0.2) is 14.6 Å². The van der Waals surface area contributed by atoms with Gasteiger partial charge in [-0.05, 0) is 64.7 Å². The number of carbonyl (C=O) groups excluding carboxylic acids is 2. The Hall–Kier alpha value is -3.03. The SMILES string of the molecule is COC(=O)[C@@H]1C[C@]2(CCc3c(c(C4CCC4)nc4ccc(OC)cc34)O2)CN1C(=O)OC(C)(C)C. The number of aryl methyl sites for hydroxylation is 1. The molecule has 1 aromatic carbocycles. The molecule has 0 radical (unpaired) electrons. The van der Waals surface area contributed by atoms with E-state index in [4.69, 9.17) is 23.9 Å². The highest BCUT2D eigenvalue weighted by molar-refractivity contribution is 5.87. The number of nitrogens with zero attached hydrogens (tertiary/aromatic N) is 2. The van der Waals surface area contributed by atoms with Gasteiger partial charge in [-0.15, -0.1) is 0 Å². The minimum absolute atomic E-state index is 0.265. The number of methoxy groups -OCH3 is 2. The average molecular weight is 483 g/mol. The van der Waals surface area contributed by atoms with E-state index in [1.807, 2.05) is 39.0 Å². The Bertz CT molecular complexity index is 1170. The number of ether oxygens (including phenoxy) is 4. The van der Waals surface area contributed by atoms with E-state index < -0.39 is 29.3 Å². The summed E-state index contributed by atoms with van der Waals surface area (Å²) in [5.41, 5.74) is 1.70. The molecule has 2 atom stereocenters. The maximum Gasteiger partial charge on any atom is 0.411 e. The summed E-state index contributed by atoms with van der Waals surface area (Å²) < 4.78 is 23.0. The minimum atomic E-state index is -0.753. The average Bonchev–Trinajstić information content (AvgIpc) is 3.15. The van der Waals surface area contributed by atoms with Crippen molar-refractivity contribution >= 4 is 23.0 Å². The number of fused-ring (bicyclic) bond motifs is 3. The van der Waals surface area contributed by atoms with Crippen LogP contribution in [0.15, 0.2) is 18.2 Å². The molecule has 2 aliphatic heterocycles. The van der Waals surface area contributed by atoms with Crippen LogP contribution >= 0.6 is 0 Å². The quantitative estimate of drug-likeness (QED) is 0.583. The predicted octanol–water partition coefficient (Wildman–Crippen LogP) is 4.76. The third-order valence-electron chi connectivity index (χ3n) is 7.42. The lowest BCUT2D eigenvalue weighted by molar-refractivity contribution is -0.145. The van der Waals surface area contributed by atoms with Crippen LogP contribution in [-0.2, 0) is 20.7 Å². The number of rotatable bonds is 3. The first-order valence-corrected chi connectivity index (χ1v) is 12.4. The lowest BCUT2D eigenvalue weighted by Crippen LogP contribution is -2.46. The van der Waals surface area contributed by atoms with Crippen molar-refractivity contribution in [2.45, 2.75) is 82.5 Å². The molecule has 1 saturated carbocycles. The van der Waals surface area contributed by atoms with Gasteiger partial charge in [0.2, 0.25) is 0 Å². The number of aromatic nitrogens is 1. The highest BCUT2D eigenvalue weighted by Gasteiger charge is 2.54. The molecule has 1 amide bonds. The summed E-state index contributed by atoms with van der Waals surface area (Å²) in [7, 11) is 3.00. The van der Waals surface area contributed by atoms with E-state index >= 15 is 0 Å². The number of esters is 1. The van der Waals surface area contributed by atoms with Gasteiger partial charge in [0.15, 0.2) is 0 Å². The maximum atomic E-state index is 13.1. The Morgan fingerprint density at radius 2 is 1.97 bits per heavy atom. The van der Waals surface area contributed by atoms with Crippen molar-refractivity contribution in [2.75, 3.05) is 20.8 Å². The van der Waals surface area contributed by atoms with Crippen molar-refractivity contribution in [2.24, 2.45) is 0 Å². The standard InChI is InChI=1S/C27H34N2O6/c1-26(2,3)35-25(31)29-15-27(14-21(29)24(30)33-5)12-11-18-19-13-17(32-4)9-10-20(19)28-22(23(18)34-27)16-7-6-8-16/h9-10,13,16,21H,6-8,11-12,14-15H2,1-5H3/t21-,27+/m0/s1. The van der Waals surface area contributed by atoms with E-state index in [1.54, 1.807) is 7.11 Å². The number of benzene rings is 1. The summed E-state index contributed by atoms with van der Waals surface area (Å²) in [6.45, 7) is 5.70. The van der Waals surface area contributed by atoms with Gasteiger partial charge in [0, 0.05) is 23.3 Å². The summed E-state index contributed by atoms with van der Waals surface area (Å²) >= 11 is 0. The van der Waals surface area contributed by atoms with Crippen LogP contribution in [0.1, 0.15) is 70.1 Å². The van der Waals surface area contributed by atoms with Gasteiger partial charge in [-0.3, -0.25) is 4.90 Å². The van der Waals surface area contributed by atoms with Crippen LogP contribution in [0, 0.1) is 0 Å². The Kier molecular flexibility index (Phi) is 5.80. The van der Waals surface area contributed by atoms with Gasteiger partial charge in [-0.1, -0.05) is 6.42 Å². The molecule has 1 aliphatic carbocycles. The molecule has 2 aromatic rings. The Morgan fingerprint density at radius 3 is 2.60 bits per heavy atom. The van der Waals surface area contributed by atoms with Crippen LogP contribution in [0.3, 0.4) is 0 Å². The number of amides is 1. The number of hydrogen-bond donors (Lipinski definition) is 0. The van der Waals surface area contributed by atoms with Crippen molar-refractivity contribution in [1.82, 2.24) is 9.88 Å². The van der Waals surface area contributed by atoms with Crippen molar-refractivity contribution in [3.63, 3.8) is 0 Å². The number of pyridine rings is 1. The van der Waals surface area contributed by atoms with Gasteiger partial charge in [-0.2, -0.15) is 0 Å². The first-order valence-electron chi connectivity index (χ1n) is 12.4. The zero-order valence-electron chi connectivity index (χ0n) is 21.2. The van der Waals surface area contributed by atoms with Gasteiger partial charge in [0.05, 0.1) is 32.0 Å². The number of carbonyl (C=O) groups is 2. The molecule has 3 aliphatic rings. The summed E-state index contributed by atoms with van der Waals surface area (Å²) in [6, 6.07) is 5.21. The Morgan fingerprint density at radius 1 is 1.20 bits per heavy atom. The predicted molar refractivity (Wildman–Crippen MR) is 130 cm³/mol. The zero-order valence-corrected chi connectivity index (χ0v) is 21.2. The largest absolute Gasteiger partial charge is 0.497 e. The highest BCUT2D eigenvalue weighted by atomic mass is 16.6. The fourth-order valence-corrected chi connectivity index (χ4v) is 5.44. The van der Waals surface area contributed by atoms with Crippen LogP contribution in [0.25, 0.3) is 10.9 Å². The van der Waals surface area contributed by atoms with Crippen LogP contribution in [0.2, 0.25) is 0 Å². The van der Waals surface area contributed by atoms with Gasteiger partial charge >= 0.3 is 12.1 Å². The second-order valence-electron chi connectivity index (χ2n) is 11.0. The molecule has 0 bridgehead atoms. The highest BCUT2D eigenvalue weighted by Crippen LogP contribution is 2.49. The Balaban J connectivity index is 1.54. The molecule has 0 unspecified atom stereocenters. The van der Waals surface area contributed by atoms with Crippen LogP contribution in [-0.4, -0.2) is 60.0 Å². The molecule has 188 valence electrons. The number of likely N-dealkylation sites (tertiary alicyclic amines) is 1. The van der Waals surface area contributed by atoms with Crippen molar-refractivity contribution in [3.8, 4) is 11.5 Å². The fourth-order valence-electron chi connectivity index (χ4n) is 5.44. The van der Waals surface area contributed by atoms with Crippen molar-refractivity contribution in [3.05, 3.63) is 29.5 Å². The normalized spacial score (nSPS) is 24.0. The van der Waals surface area contributed by atoms with Gasteiger partial charge in [0.1, 0.15) is 28.7 Å². The Labute approximate surface area is 205 Å². The van der Waals surface area contributed by atoms with Gasteiger partial charge in [0.25, 0.3) is 0 Å². The van der Waals surface area contributed by atoms with E-state index in [0.29, 0.717) is 18.8 Å². The molecule has 2 fully saturated rings. The molecule has 1 aromatic heterocycles. The molecule has 8 heteroatoms. The molecule has 35 heavy (non-hydrogen) atoms. The van der Waals surface area contributed by atoms with E-state index in [1.165, 1.54) is 18.4 Å². The van der Waals surface area contributed by atoms with Crippen LogP contribution in [0.5, 0.6) is 11.5 Å². The zero-order chi connectivity index (χ0) is 25.0. The lowest BCUT2D eigenvalue weighted by atomic mass is 9.79. The molecule has 5 rings (SSSR count). The van der Waals surface area contributed by atoms with E-state index in [-0.39, 0.29) is 6.54 Å². The first kappa shape index (κ1) is 23.7. The van der Waals surface area contributed by atoms with Crippen LogP contribution < -0.4 is 9.47 Å². The third-order valence-corrected chi connectivity index (χ3v) is 7.42. The minimum Gasteiger partial charge on any atom is -0.497 e. The summed E-state index contributed by atoms with van der Waals surface area (Å²) in [6.07, 6.45) is 4.63. The van der Waals surface area contributed by atoms with Crippen molar-refractivity contribution < 1.29 is 28.5 Å². The molecular formula is C27H34N2O6. The molecule has 0 N–H and O–H groups in total. The molecule has 3 heterocycles. The lowest BCUT2D eigenvalue weighted by Gasteiger charge is -2.38. The third kappa shape index (κ3) is 4.28. The molecule has 8 nitrogen and oxygen atoms in total.